The van der Waals surface area contributed by atoms with Crippen LogP contribution in [-0.2, 0) is 17.8 Å². The molecule has 7 heteroatoms. The van der Waals surface area contributed by atoms with Crippen LogP contribution in [0.25, 0.3) is 0 Å². The van der Waals surface area contributed by atoms with E-state index in [4.69, 9.17) is 0 Å². The highest BCUT2D eigenvalue weighted by molar-refractivity contribution is 5.76. The molecule has 0 fully saturated rings. The van der Waals surface area contributed by atoms with Crippen LogP contribution in [0.2, 0.25) is 0 Å². The van der Waals surface area contributed by atoms with Crippen LogP contribution in [0.1, 0.15) is 36.6 Å². The maximum absolute atomic E-state index is 12.6. The molecule has 2 aromatic rings. The molecule has 0 radical (unpaired) electrons. The Labute approximate surface area is 145 Å². The predicted octanol–water partition coefficient (Wildman–Crippen LogP) is 1.45. The van der Waals surface area contributed by atoms with E-state index < -0.39 is 11.2 Å². The highest BCUT2D eigenvalue weighted by Gasteiger charge is 2.16. The van der Waals surface area contributed by atoms with Gasteiger partial charge in [0.25, 0.3) is 5.56 Å². The number of benzene rings is 1. The molecule has 1 heterocycles. The number of nitrogens with one attached hydrogen (secondary N) is 2. The van der Waals surface area contributed by atoms with Crippen LogP contribution in [0.15, 0.2) is 33.9 Å². The van der Waals surface area contributed by atoms with Gasteiger partial charge in [-0.25, -0.2) is 4.79 Å². The third-order valence-corrected chi connectivity index (χ3v) is 4.04. The number of nitrogens with zero attached hydrogens (tertiary/aromatic N) is 1. The number of aromatic nitrogens is 2. The normalized spacial score (nSPS) is 10.6. The molecule has 1 aromatic heterocycles. The van der Waals surface area contributed by atoms with Gasteiger partial charge in [-0.2, -0.15) is 0 Å². The first-order valence-corrected chi connectivity index (χ1v) is 8.29. The number of H-pyrrole nitrogens is 2. The average molecular weight is 345 g/mol. The van der Waals surface area contributed by atoms with Crippen molar-refractivity contribution in [2.24, 2.45) is 0 Å². The zero-order valence-corrected chi connectivity index (χ0v) is 14.5. The lowest BCUT2D eigenvalue weighted by atomic mass is 10.1. The molecule has 0 atom stereocenters. The van der Waals surface area contributed by atoms with E-state index in [-0.39, 0.29) is 24.5 Å². The van der Waals surface area contributed by atoms with E-state index in [2.05, 4.69) is 9.97 Å². The summed E-state index contributed by atoms with van der Waals surface area (Å²) in [7, 11) is 0. The van der Waals surface area contributed by atoms with Crippen molar-refractivity contribution in [3.8, 4) is 5.75 Å². The summed E-state index contributed by atoms with van der Waals surface area (Å²) in [5.41, 5.74) is 0.556. The lowest BCUT2D eigenvalue weighted by molar-refractivity contribution is -0.131. The standard InChI is InChI=1S/C18H23N3O4/c1-3-10-21(11-13-6-4-5-7-15(13)22)16(23)9-8-14-12(2)19-18(25)20-17(14)24/h4-7,22H,3,8-11H2,1-2H3,(H2,19,20,24,25). The molecule has 0 aliphatic carbocycles. The molecule has 1 amide bonds. The second-order valence-corrected chi connectivity index (χ2v) is 5.96. The molecule has 2 rings (SSSR count). The van der Waals surface area contributed by atoms with Gasteiger partial charge in [0.15, 0.2) is 0 Å². The molecule has 3 N–H and O–H groups in total. The Balaban J connectivity index is 2.10. The zero-order valence-electron chi connectivity index (χ0n) is 14.5. The fourth-order valence-corrected chi connectivity index (χ4v) is 2.73. The number of carbonyl (C=O) groups excluding carboxylic acids is 1. The SMILES string of the molecule is CCCN(Cc1ccccc1O)C(=O)CCc1c(C)[nH]c(=O)[nH]c1=O. The molecule has 0 spiro atoms. The molecule has 0 saturated carbocycles. The van der Waals surface area contributed by atoms with Crippen molar-refractivity contribution in [2.45, 2.75) is 39.7 Å². The van der Waals surface area contributed by atoms with Gasteiger partial charge in [-0.15, -0.1) is 0 Å². The quantitative estimate of drug-likeness (QED) is 0.706. The van der Waals surface area contributed by atoms with Gasteiger partial charge >= 0.3 is 5.69 Å². The predicted molar refractivity (Wildman–Crippen MR) is 94.6 cm³/mol. The number of rotatable bonds is 7. The smallest absolute Gasteiger partial charge is 0.325 e. The van der Waals surface area contributed by atoms with Gasteiger partial charge in [0.1, 0.15) is 5.75 Å². The lowest BCUT2D eigenvalue weighted by Gasteiger charge is -2.23. The van der Waals surface area contributed by atoms with E-state index in [0.29, 0.717) is 29.9 Å². The van der Waals surface area contributed by atoms with E-state index in [1.165, 1.54) is 0 Å². The summed E-state index contributed by atoms with van der Waals surface area (Å²) < 4.78 is 0. The molecule has 0 bridgehead atoms. The summed E-state index contributed by atoms with van der Waals surface area (Å²) in [4.78, 5) is 42.1. The maximum atomic E-state index is 12.6. The van der Waals surface area contributed by atoms with Crippen molar-refractivity contribution in [2.75, 3.05) is 6.54 Å². The van der Waals surface area contributed by atoms with Crippen LogP contribution in [0.4, 0.5) is 0 Å². The number of para-hydroxylation sites is 1. The van der Waals surface area contributed by atoms with Crippen molar-refractivity contribution < 1.29 is 9.90 Å². The molecule has 0 saturated heterocycles. The molecule has 0 aliphatic heterocycles. The van der Waals surface area contributed by atoms with Crippen LogP contribution < -0.4 is 11.2 Å². The fraction of sp³-hybridized carbons (Fsp3) is 0.389. The number of carbonyl (C=O) groups is 1. The number of aromatic amines is 2. The van der Waals surface area contributed by atoms with E-state index in [0.717, 1.165) is 6.42 Å². The Bertz CT molecular complexity index is 854. The minimum atomic E-state index is -0.551. The van der Waals surface area contributed by atoms with Gasteiger partial charge in [0.2, 0.25) is 5.91 Å². The Kier molecular flexibility index (Phi) is 6.16. The number of aromatic hydroxyl groups is 1. The van der Waals surface area contributed by atoms with Crippen LogP contribution in [-0.4, -0.2) is 32.4 Å². The maximum Gasteiger partial charge on any atom is 0.325 e. The van der Waals surface area contributed by atoms with Gasteiger partial charge in [0, 0.05) is 36.3 Å². The Morgan fingerprint density at radius 2 is 1.92 bits per heavy atom. The number of hydrogen-bond donors (Lipinski definition) is 3. The number of phenolic OH excluding ortho intramolecular Hbond substituents is 1. The molecule has 1 aromatic carbocycles. The Morgan fingerprint density at radius 1 is 1.20 bits per heavy atom. The van der Waals surface area contributed by atoms with Crippen molar-refractivity contribution in [1.82, 2.24) is 14.9 Å². The summed E-state index contributed by atoms with van der Waals surface area (Å²) in [5.74, 6) is 0.0550. The third kappa shape index (κ3) is 4.82. The first kappa shape index (κ1) is 18.5. The van der Waals surface area contributed by atoms with Crippen LogP contribution in [0, 0.1) is 6.92 Å². The first-order valence-electron chi connectivity index (χ1n) is 8.29. The minimum Gasteiger partial charge on any atom is -0.508 e. The zero-order chi connectivity index (χ0) is 18.4. The van der Waals surface area contributed by atoms with Gasteiger partial charge < -0.3 is 15.0 Å². The van der Waals surface area contributed by atoms with E-state index in [1.54, 1.807) is 30.0 Å². The van der Waals surface area contributed by atoms with Gasteiger partial charge in [-0.3, -0.25) is 14.6 Å². The molecule has 0 aliphatic rings. The second-order valence-electron chi connectivity index (χ2n) is 5.96. The molecule has 7 nitrogen and oxygen atoms in total. The van der Waals surface area contributed by atoms with Gasteiger partial charge in [0.05, 0.1) is 0 Å². The molecule has 134 valence electrons. The molecule has 0 unspecified atom stereocenters. The highest BCUT2D eigenvalue weighted by atomic mass is 16.3. The molecular formula is C18H23N3O4. The highest BCUT2D eigenvalue weighted by Crippen LogP contribution is 2.18. The van der Waals surface area contributed by atoms with Gasteiger partial charge in [-0.05, 0) is 25.8 Å². The number of aryl methyl sites for hydroxylation is 1. The van der Waals surface area contributed by atoms with E-state index in [9.17, 15) is 19.5 Å². The van der Waals surface area contributed by atoms with E-state index >= 15 is 0 Å². The second kappa shape index (κ2) is 8.32. The van der Waals surface area contributed by atoms with Crippen molar-refractivity contribution in [3.05, 3.63) is 61.9 Å². The number of hydrogen-bond acceptors (Lipinski definition) is 4. The van der Waals surface area contributed by atoms with Crippen LogP contribution >= 0.6 is 0 Å². The van der Waals surface area contributed by atoms with Crippen molar-refractivity contribution in [1.29, 1.82) is 0 Å². The lowest BCUT2D eigenvalue weighted by Crippen LogP contribution is -2.33. The number of phenols is 1. The summed E-state index contributed by atoms with van der Waals surface area (Å²) in [6.07, 6.45) is 1.19. The minimum absolute atomic E-state index is 0.102. The third-order valence-electron chi connectivity index (χ3n) is 4.04. The van der Waals surface area contributed by atoms with Crippen LogP contribution in [0.5, 0.6) is 5.75 Å². The summed E-state index contributed by atoms with van der Waals surface area (Å²) >= 11 is 0. The van der Waals surface area contributed by atoms with Gasteiger partial charge in [-0.1, -0.05) is 25.1 Å². The molecular weight excluding hydrogens is 322 g/mol. The Hall–Kier alpha value is -2.83. The Morgan fingerprint density at radius 3 is 2.56 bits per heavy atom. The van der Waals surface area contributed by atoms with E-state index in [1.807, 2.05) is 13.0 Å². The van der Waals surface area contributed by atoms with Crippen molar-refractivity contribution >= 4 is 5.91 Å². The fourth-order valence-electron chi connectivity index (χ4n) is 2.73. The summed E-state index contributed by atoms with van der Waals surface area (Å²) in [5, 5.41) is 9.90. The largest absolute Gasteiger partial charge is 0.508 e. The topological polar surface area (TPSA) is 106 Å². The summed E-state index contributed by atoms with van der Waals surface area (Å²) in [6, 6.07) is 6.91. The number of amides is 1. The first-order chi connectivity index (χ1) is 11.9. The van der Waals surface area contributed by atoms with Crippen LogP contribution in [0.3, 0.4) is 0 Å². The average Bonchev–Trinajstić information content (AvgIpc) is 2.55. The molecule has 25 heavy (non-hydrogen) atoms. The van der Waals surface area contributed by atoms with Crippen molar-refractivity contribution in [3.63, 3.8) is 0 Å². The monoisotopic (exact) mass is 345 g/mol. The summed E-state index contributed by atoms with van der Waals surface area (Å²) in [6.45, 7) is 4.50.